The molecule has 1 aliphatic heterocycles. The largest absolute Gasteiger partial charge is 0.497 e. The summed E-state index contributed by atoms with van der Waals surface area (Å²) in [6.45, 7) is 0. The summed E-state index contributed by atoms with van der Waals surface area (Å²) in [5.41, 5.74) is 4.03. The number of pyridine rings is 1. The smallest absolute Gasteiger partial charge is 0.174 e. The average molecular weight is 461 g/mol. The van der Waals surface area contributed by atoms with Crippen LogP contribution in [0.4, 0.5) is 5.69 Å². The van der Waals surface area contributed by atoms with Crippen LogP contribution < -0.4 is 15.0 Å². The van der Waals surface area contributed by atoms with Crippen LogP contribution in [0.25, 0.3) is 5.69 Å². The van der Waals surface area contributed by atoms with E-state index in [2.05, 4.69) is 38.1 Å². The molecule has 0 aliphatic carbocycles. The molecule has 2 atom stereocenters. The Bertz CT molecular complexity index is 1230. The van der Waals surface area contributed by atoms with Crippen molar-refractivity contribution >= 4 is 34.6 Å². The first-order valence-electron chi connectivity index (χ1n) is 10.2. The Labute approximate surface area is 197 Å². The molecule has 1 aliphatic rings. The van der Waals surface area contributed by atoms with Crippen LogP contribution >= 0.6 is 23.8 Å². The Balaban J connectivity index is 1.64. The molecular weight excluding hydrogens is 440 g/mol. The van der Waals surface area contributed by atoms with Gasteiger partial charge in [-0.05, 0) is 85.0 Å². The highest BCUT2D eigenvalue weighted by atomic mass is 35.5. The number of halogens is 1. The van der Waals surface area contributed by atoms with E-state index in [-0.39, 0.29) is 12.1 Å². The first-order valence-corrected chi connectivity index (χ1v) is 11.0. The molecule has 4 aromatic rings. The third kappa shape index (κ3) is 3.72. The lowest BCUT2D eigenvalue weighted by atomic mass is 10.0. The van der Waals surface area contributed by atoms with E-state index in [0.29, 0.717) is 10.1 Å². The second-order valence-electron chi connectivity index (χ2n) is 7.47. The number of aromatic nitrogens is 2. The fourth-order valence-electron chi connectivity index (χ4n) is 4.15. The van der Waals surface area contributed by atoms with Gasteiger partial charge in [0.15, 0.2) is 5.11 Å². The number of rotatable bonds is 5. The normalized spacial score (nSPS) is 17.9. The summed E-state index contributed by atoms with van der Waals surface area (Å²) in [4.78, 5) is 6.77. The summed E-state index contributed by atoms with van der Waals surface area (Å²) in [5.74, 6) is 0.820. The molecule has 32 heavy (non-hydrogen) atoms. The van der Waals surface area contributed by atoms with Crippen molar-refractivity contribution in [2.45, 2.75) is 12.1 Å². The zero-order valence-electron chi connectivity index (χ0n) is 17.4. The van der Waals surface area contributed by atoms with Crippen molar-refractivity contribution in [3.63, 3.8) is 0 Å². The predicted octanol–water partition coefficient (Wildman–Crippen LogP) is 5.71. The summed E-state index contributed by atoms with van der Waals surface area (Å²) < 4.78 is 7.51. The fourth-order valence-corrected chi connectivity index (χ4v) is 4.62. The summed E-state index contributed by atoms with van der Waals surface area (Å²) in [5, 5.41) is 4.83. The van der Waals surface area contributed by atoms with Crippen molar-refractivity contribution in [2.75, 3.05) is 12.0 Å². The van der Waals surface area contributed by atoms with Gasteiger partial charge in [-0.1, -0.05) is 17.7 Å². The van der Waals surface area contributed by atoms with Crippen LogP contribution in [-0.4, -0.2) is 21.8 Å². The monoisotopic (exact) mass is 460 g/mol. The SMILES string of the molecule is COc1ccc(-n2cccc2[C@@H]2[C@H](c3ccccn3)NC(=S)N2c2ccc(Cl)cc2)cc1. The van der Waals surface area contributed by atoms with Gasteiger partial charge in [0.2, 0.25) is 0 Å². The van der Waals surface area contributed by atoms with E-state index >= 15 is 0 Å². The number of nitrogens with zero attached hydrogens (tertiary/aromatic N) is 3. The maximum atomic E-state index is 6.15. The summed E-state index contributed by atoms with van der Waals surface area (Å²) in [6.07, 6.45) is 3.87. The Morgan fingerprint density at radius 2 is 1.69 bits per heavy atom. The van der Waals surface area contributed by atoms with E-state index in [4.69, 9.17) is 28.6 Å². The van der Waals surface area contributed by atoms with Gasteiger partial charge in [0.1, 0.15) is 11.8 Å². The van der Waals surface area contributed by atoms with Gasteiger partial charge in [-0.3, -0.25) is 4.98 Å². The number of methoxy groups -OCH3 is 1. The third-order valence-electron chi connectivity index (χ3n) is 5.64. The quantitative estimate of drug-likeness (QED) is 0.386. The molecule has 2 aromatic carbocycles. The molecule has 0 amide bonds. The fraction of sp³-hybridized carbons (Fsp3) is 0.120. The number of anilines is 1. The van der Waals surface area contributed by atoms with E-state index in [0.717, 1.165) is 28.5 Å². The minimum Gasteiger partial charge on any atom is -0.497 e. The van der Waals surface area contributed by atoms with Gasteiger partial charge in [-0.25, -0.2) is 0 Å². The summed E-state index contributed by atoms with van der Waals surface area (Å²) in [6, 6.07) is 25.7. The molecule has 0 radical (unpaired) electrons. The summed E-state index contributed by atoms with van der Waals surface area (Å²) >= 11 is 12.0. The number of thiocarbonyl (C=S) groups is 1. The molecule has 3 heterocycles. The minimum atomic E-state index is -0.119. The summed E-state index contributed by atoms with van der Waals surface area (Å²) in [7, 11) is 1.67. The van der Waals surface area contributed by atoms with Crippen LogP contribution in [0.5, 0.6) is 5.75 Å². The Hall–Kier alpha value is -3.35. The maximum Gasteiger partial charge on any atom is 0.174 e. The van der Waals surface area contributed by atoms with Crippen molar-refractivity contribution in [3.8, 4) is 11.4 Å². The standard InChI is InChI=1S/C25H21ClN4OS/c1-31-20-13-11-18(12-14-20)29-16-4-6-22(29)24-23(21-5-2-3-15-27-21)28-25(32)30(24)19-9-7-17(26)8-10-19/h2-16,23-24H,1H3,(H,28,32)/t23-,24+/m0/s1. The molecule has 2 aromatic heterocycles. The van der Waals surface area contributed by atoms with Crippen LogP contribution in [0.2, 0.25) is 5.02 Å². The molecule has 0 spiro atoms. The van der Waals surface area contributed by atoms with Crippen LogP contribution in [0.15, 0.2) is 91.3 Å². The molecule has 0 saturated carbocycles. The van der Waals surface area contributed by atoms with Crippen molar-refractivity contribution in [3.05, 3.63) is 108 Å². The van der Waals surface area contributed by atoms with Crippen molar-refractivity contribution in [2.24, 2.45) is 0 Å². The van der Waals surface area contributed by atoms with Crippen molar-refractivity contribution in [1.82, 2.24) is 14.9 Å². The van der Waals surface area contributed by atoms with E-state index < -0.39 is 0 Å². The highest BCUT2D eigenvalue weighted by Gasteiger charge is 2.42. The van der Waals surface area contributed by atoms with Crippen LogP contribution in [0.3, 0.4) is 0 Å². The first kappa shape index (κ1) is 20.5. The number of ether oxygens (including phenoxy) is 1. The number of benzene rings is 2. The molecule has 5 rings (SSSR count). The van der Waals surface area contributed by atoms with Crippen molar-refractivity contribution < 1.29 is 4.74 Å². The molecule has 5 nitrogen and oxygen atoms in total. The molecule has 1 fully saturated rings. The molecule has 160 valence electrons. The first-order chi connectivity index (χ1) is 15.7. The van der Waals surface area contributed by atoms with Gasteiger partial charge in [-0.2, -0.15) is 0 Å². The maximum absolute atomic E-state index is 6.15. The van der Waals surface area contributed by atoms with E-state index in [1.54, 1.807) is 7.11 Å². The van der Waals surface area contributed by atoms with Crippen LogP contribution in [-0.2, 0) is 0 Å². The minimum absolute atomic E-state index is 0.115. The molecule has 1 saturated heterocycles. The van der Waals surface area contributed by atoms with Crippen molar-refractivity contribution in [1.29, 1.82) is 0 Å². The van der Waals surface area contributed by atoms with E-state index in [1.165, 1.54) is 0 Å². The molecule has 0 bridgehead atoms. The van der Waals surface area contributed by atoms with Crippen LogP contribution in [0, 0.1) is 0 Å². The van der Waals surface area contributed by atoms with Gasteiger partial charge >= 0.3 is 0 Å². The predicted molar refractivity (Wildman–Crippen MR) is 132 cm³/mol. The molecular formula is C25H21ClN4OS. The third-order valence-corrected chi connectivity index (χ3v) is 6.20. The van der Waals surface area contributed by atoms with Gasteiger partial charge in [0.25, 0.3) is 0 Å². The highest BCUT2D eigenvalue weighted by molar-refractivity contribution is 7.80. The molecule has 7 heteroatoms. The number of hydrogen-bond acceptors (Lipinski definition) is 3. The lowest BCUT2D eigenvalue weighted by Gasteiger charge is -2.29. The van der Waals surface area contributed by atoms with E-state index in [9.17, 15) is 0 Å². The number of nitrogens with one attached hydrogen (secondary N) is 1. The Kier molecular flexibility index (Phi) is 5.55. The van der Waals surface area contributed by atoms with E-state index in [1.807, 2.05) is 72.9 Å². The highest BCUT2D eigenvalue weighted by Crippen LogP contribution is 2.42. The molecule has 0 unspecified atom stereocenters. The van der Waals surface area contributed by atoms with Gasteiger partial charge in [0.05, 0.1) is 18.8 Å². The lowest BCUT2D eigenvalue weighted by molar-refractivity contribution is 0.414. The Morgan fingerprint density at radius 1 is 0.938 bits per heavy atom. The second-order valence-corrected chi connectivity index (χ2v) is 8.30. The zero-order valence-corrected chi connectivity index (χ0v) is 18.9. The number of hydrogen-bond donors (Lipinski definition) is 1. The zero-order chi connectivity index (χ0) is 22.1. The van der Waals surface area contributed by atoms with Crippen LogP contribution in [0.1, 0.15) is 23.5 Å². The topological polar surface area (TPSA) is 42.3 Å². The Morgan fingerprint density at radius 3 is 2.38 bits per heavy atom. The lowest BCUT2D eigenvalue weighted by Crippen LogP contribution is -2.30. The van der Waals surface area contributed by atoms with Gasteiger partial charge in [0, 0.05) is 34.5 Å². The average Bonchev–Trinajstić information content (AvgIpc) is 3.44. The van der Waals surface area contributed by atoms with Gasteiger partial charge < -0.3 is 19.5 Å². The second kappa shape index (κ2) is 8.65. The molecule has 1 N–H and O–H groups in total. The van der Waals surface area contributed by atoms with Gasteiger partial charge in [-0.15, -0.1) is 0 Å².